The average Bonchev–Trinajstić information content (AvgIpc) is 2.32. The van der Waals surface area contributed by atoms with E-state index in [4.69, 9.17) is 4.18 Å². The van der Waals surface area contributed by atoms with Crippen molar-refractivity contribution in [3.63, 3.8) is 0 Å². The summed E-state index contributed by atoms with van der Waals surface area (Å²) in [5.41, 5.74) is 0.390. The molecule has 0 amide bonds. The second-order valence-corrected chi connectivity index (χ2v) is 5.16. The van der Waals surface area contributed by atoms with Crippen LogP contribution in [0.5, 0.6) is 5.75 Å². The lowest BCUT2D eigenvalue weighted by atomic mass is 10.3. The van der Waals surface area contributed by atoms with E-state index < -0.39 is 10.1 Å². The van der Waals surface area contributed by atoms with E-state index in [2.05, 4.69) is 11.6 Å². The van der Waals surface area contributed by atoms with Crippen molar-refractivity contribution >= 4 is 21.9 Å². The third-order valence-corrected chi connectivity index (χ3v) is 3.27. The third kappa shape index (κ3) is 4.95. The molecule has 18 heavy (non-hydrogen) atoms. The lowest BCUT2D eigenvalue weighted by Crippen LogP contribution is -2.13. The minimum absolute atomic E-state index is 0.0622. The average molecular weight is 267 g/mol. The molecule has 0 saturated carbocycles. The number of hydrogen-bond donors (Lipinski definition) is 0. The topological polar surface area (TPSA) is 72.8 Å². The molecule has 96 valence electrons. The van der Waals surface area contributed by atoms with Crippen LogP contribution in [0.1, 0.15) is 12.8 Å². The summed E-state index contributed by atoms with van der Waals surface area (Å²) >= 11 is 0. The van der Waals surface area contributed by atoms with Crippen LogP contribution in [0.3, 0.4) is 0 Å². The number of allylic oxidation sites excluding steroid dienone is 1. The Morgan fingerprint density at radius 2 is 2.00 bits per heavy atom. The highest BCUT2D eigenvalue weighted by atomic mass is 32.2. The smallest absolute Gasteiger partial charge is 0.309 e. The van der Waals surface area contributed by atoms with Crippen LogP contribution >= 0.6 is 0 Å². The molecule has 1 aromatic carbocycles. The van der Waals surface area contributed by atoms with Crippen molar-refractivity contribution in [2.45, 2.75) is 12.8 Å². The van der Waals surface area contributed by atoms with Gasteiger partial charge in [0, 0.05) is 0 Å². The number of isocyanates is 1. The van der Waals surface area contributed by atoms with Crippen LogP contribution < -0.4 is 4.18 Å². The fraction of sp³-hybridized carbons (Fsp3) is 0.250. The predicted octanol–water partition coefficient (Wildman–Crippen LogP) is 2.33. The fourth-order valence-corrected chi connectivity index (χ4v) is 2.23. The van der Waals surface area contributed by atoms with Crippen LogP contribution in [0.15, 0.2) is 41.9 Å². The summed E-state index contributed by atoms with van der Waals surface area (Å²) < 4.78 is 28.0. The van der Waals surface area contributed by atoms with Gasteiger partial charge in [-0.1, -0.05) is 6.08 Å². The molecule has 0 heterocycles. The van der Waals surface area contributed by atoms with Crippen molar-refractivity contribution in [1.29, 1.82) is 0 Å². The molecule has 0 atom stereocenters. The summed E-state index contributed by atoms with van der Waals surface area (Å²) in [5, 5.41) is 0. The molecule has 0 aromatic heterocycles. The molecule has 0 spiro atoms. The zero-order valence-corrected chi connectivity index (χ0v) is 10.5. The second-order valence-electron chi connectivity index (χ2n) is 3.47. The van der Waals surface area contributed by atoms with E-state index in [0.29, 0.717) is 18.5 Å². The molecule has 0 bridgehead atoms. The Bertz CT molecular complexity index is 542. The SMILES string of the molecule is C=CCCCS(=O)(=O)Oc1ccc(N=C=O)cc1. The van der Waals surface area contributed by atoms with Crippen LogP contribution in [0.4, 0.5) is 5.69 Å². The summed E-state index contributed by atoms with van der Waals surface area (Å²) in [6, 6.07) is 5.81. The Labute approximate surface area is 106 Å². The first-order chi connectivity index (χ1) is 8.57. The van der Waals surface area contributed by atoms with E-state index in [1.54, 1.807) is 6.08 Å². The molecule has 0 radical (unpaired) electrons. The highest BCUT2D eigenvalue weighted by Crippen LogP contribution is 2.19. The quantitative estimate of drug-likeness (QED) is 0.250. The number of nitrogens with zero attached hydrogens (tertiary/aromatic N) is 1. The number of unbranched alkanes of at least 4 members (excludes halogenated alkanes) is 1. The van der Waals surface area contributed by atoms with Gasteiger partial charge in [0.05, 0.1) is 11.4 Å². The van der Waals surface area contributed by atoms with Crippen LogP contribution in [0.2, 0.25) is 0 Å². The van der Waals surface area contributed by atoms with E-state index in [0.717, 1.165) is 0 Å². The van der Waals surface area contributed by atoms with Crippen molar-refractivity contribution in [3.8, 4) is 5.75 Å². The van der Waals surface area contributed by atoms with Gasteiger partial charge in [0.25, 0.3) is 0 Å². The normalized spacial score (nSPS) is 10.4. The maximum Gasteiger partial charge on any atom is 0.309 e. The Hall–Kier alpha value is -1.91. The van der Waals surface area contributed by atoms with Gasteiger partial charge in [0.15, 0.2) is 0 Å². The van der Waals surface area contributed by atoms with E-state index in [1.165, 1.54) is 30.3 Å². The molecule has 1 aromatic rings. The maximum atomic E-state index is 11.5. The van der Waals surface area contributed by atoms with E-state index in [1.807, 2.05) is 0 Å². The van der Waals surface area contributed by atoms with Crippen LogP contribution in [0.25, 0.3) is 0 Å². The molecule has 6 heteroatoms. The first kappa shape index (κ1) is 14.2. The monoisotopic (exact) mass is 267 g/mol. The Balaban J connectivity index is 2.66. The molecule has 0 N–H and O–H groups in total. The maximum absolute atomic E-state index is 11.5. The highest BCUT2D eigenvalue weighted by molar-refractivity contribution is 7.87. The van der Waals surface area contributed by atoms with Gasteiger partial charge in [0.2, 0.25) is 6.08 Å². The van der Waals surface area contributed by atoms with Crippen molar-refractivity contribution in [1.82, 2.24) is 0 Å². The van der Waals surface area contributed by atoms with E-state index in [-0.39, 0.29) is 11.5 Å². The minimum atomic E-state index is -3.59. The lowest BCUT2D eigenvalue weighted by Gasteiger charge is -2.06. The van der Waals surface area contributed by atoms with E-state index in [9.17, 15) is 13.2 Å². The molecule has 0 unspecified atom stereocenters. The van der Waals surface area contributed by atoms with Crippen LogP contribution in [-0.2, 0) is 14.9 Å². The molecule has 0 fully saturated rings. The molecule has 0 aliphatic heterocycles. The number of hydrogen-bond acceptors (Lipinski definition) is 5. The number of rotatable bonds is 7. The molecular formula is C12H13NO4S. The van der Waals surface area contributed by atoms with Crippen LogP contribution in [-0.4, -0.2) is 20.3 Å². The number of aliphatic imine (C=N–C) groups is 1. The Morgan fingerprint density at radius 1 is 1.33 bits per heavy atom. The Kier molecular flexibility index (Phi) is 5.30. The summed E-state index contributed by atoms with van der Waals surface area (Å²) in [6.07, 6.45) is 4.14. The molecule has 0 saturated heterocycles. The van der Waals surface area contributed by atoms with Gasteiger partial charge in [-0.3, -0.25) is 0 Å². The third-order valence-electron chi connectivity index (χ3n) is 2.04. The molecular weight excluding hydrogens is 254 g/mol. The van der Waals surface area contributed by atoms with Gasteiger partial charge in [-0.2, -0.15) is 13.4 Å². The largest absolute Gasteiger partial charge is 0.382 e. The summed E-state index contributed by atoms with van der Waals surface area (Å²) in [6.45, 7) is 3.51. The zero-order chi connectivity index (χ0) is 13.4. The van der Waals surface area contributed by atoms with Gasteiger partial charge in [0.1, 0.15) is 5.75 Å². The van der Waals surface area contributed by atoms with Gasteiger partial charge in [-0.15, -0.1) is 6.58 Å². The van der Waals surface area contributed by atoms with Crippen LogP contribution in [0, 0.1) is 0 Å². The fourth-order valence-electron chi connectivity index (χ4n) is 1.22. The van der Waals surface area contributed by atoms with Crippen molar-refractivity contribution in [2.24, 2.45) is 4.99 Å². The molecule has 0 aliphatic carbocycles. The van der Waals surface area contributed by atoms with Gasteiger partial charge < -0.3 is 4.18 Å². The number of carbonyl (C=O) groups excluding carboxylic acids is 1. The minimum Gasteiger partial charge on any atom is -0.382 e. The zero-order valence-electron chi connectivity index (χ0n) is 9.70. The standard InChI is InChI=1S/C12H13NO4S/c1-2-3-4-9-18(15,16)17-12-7-5-11(6-8-12)13-10-14/h2,5-8H,1,3-4,9H2. The van der Waals surface area contributed by atoms with E-state index >= 15 is 0 Å². The lowest BCUT2D eigenvalue weighted by molar-refractivity contribution is 0.484. The molecule has 1 rings (SSSR count). The second kappa shape index (κ2) is 6.74. The summed E-state index contributed by atoms with van der Waals surface area (Å²) in [4.78, 5) is 13.4. The first-order valence-electron chi connectivity index (χ1n) is 5.28. The Morgan fingerprint density at radius 3 is 2.56 bits per heavy atom. The summed E-state index contributed by atoms with van der Waals surface area (Å²) in [5.74, 6) is 0.131. The van der Waals surface area contributed by atoms with Crippen molar-refractivity contribution in [2.75, 3.05) is 5.75 Å². The van der Waals surface area contributed by atoms with Gasteiger partial charge >= 0.3 is 10.1 Å². The van der Waals surface area contributed by atoms with Gasteiger partial charge in [-0.25, -0.2) is 4.79 Å². The summed E-state index contributed by atoms with van der Waals surface area (Å²) in [7, 11) is -3.59. The molecule has 0 aliphatic rings. The van der Waals surface area contributed by atoms with Crippen molar-refractivity contribution < 1.29 is 17.4 Å². The molecule has 5 nitrogen and oxygen atoms in total. The van der Waals surface area contributed by atoms with Gasteiger partial charge in [-0.05, 0) is 37.1 Å². The van der Waals surface area contributed by atoms with Crippen molar-refractivity contribution in [3.05, 3.63) is 36.9 Å². The first-order valence-corrected chi connectivity index (χ1v) is 6.86. The predicted molar refractivity (Wildman–Crippen MR) is 68.1 cm³/mol. The highest BCUT2D eigenvalue weighted by Gasteiger charge is 2.11. The number of benzene rings is 1.